The molecule has 2 aliphatic rings. The van der Waals surface area contributed by atoms with E-state index in [1.165, 1.54) is 6.07 Å². The summed E-state index contributed by atoms with van der Waals surface area (Å²) in [4.78, 5) is 12.0. The SMILES string of the molecule is O=C1CC2(CCCC2)Oc2cccc(O)c21. The Bertz CT molecular complexity index is 444. The first-order valence-electron chi connectivity index (χ1n) is 5.74. The first kappa shape index (κ1) is 9.70. The van der Waals surface area contributed by atoms with Crippen molar-refractivity contribution in [1.82, 2.24) is 0 Å². The molecule has 0 amide bonds. The van der Waals surface area contributed by atoms with Crippen LogP contribution in [0, 0.1) is 0 Å². The molecule has 1 saturated carbocycles. The van der Waals surface area contributed by atoms with Crippen LogP contribution >= 0.6 is 0 Å². The van der Waals surface area contributed by atoms with E-state index < -0.39 is 0 Å². The van der Waals surface area contributed by atoms with Gasteiger partial charge in [0.1, 0.15) is 22.7 Å². The highest BCUT2D eigenvalue weighted by Gasteiger charge is 2.43. The second-order valence-corrected chi connectivity index (χ2v) is 4.74. The lowest BCUT2D eigenvalue weighted by Crippen LogP contribution is -2.39. The minimum atomic E-state index is -0.280. The lowest BCUT2D eigenvalue weighted by atomic mass is 9.88. The van der Waals surface area contributed by atoms with Crippen molar-refractivity contribution >= 4 is 5.78 Å². The van der Waals surface area contributed by atoms with Gasteiger partial charge in [-0.15, -0.1) is 0 Å². The van der Waals surface area contributed by atoms with E-state index in [-0.39, 0.29) is 17.1 Å². The van der Waals surface area contributed by atoms with E-state index in [0.29, 0.717) is 17.7 Å². The minimum absolute atomic E-state index is 0.0150. The monoisotopic (exact) mass is 218 g/mol. The Morgan fingerprint density at radius 2 is 2.00 bits per heavy atom. The molecule has 1 fully saturated rings. The van der Waals surface area contributed by atoms with Gasteiger partial charge in [0.25, 0.3) is 0 Å². The van der Waals surface area contributed by atoms with E-state index in [2.05, 4.69) is 0 Å². The zero-order chi connectivity index (χ0) is 11.2. The number of hydrogen-bond acceptors (Lipinski definition) is 3. The number of ether oxygens (including phenoxy) is 1. The number of phenolic OH excluding ortho intramolecular Hbond substituents is 1. The third-order valence-electron chi connectivity index (χ3n) is 3.61. The topological polar surface area (TPSA) is 46.5 Å². The summed E-state index contributed by atoms with van der Waals surface area (Å²) in [6.07, 6.45) is 4.57. The molecular formula is C13H14O3. The molecule has 0 aromatic heterocycles. The number of hydrogen-bond donors (Lipinski definition) is 1. The zero-order valence-corrected chi connectivity index (χ0v) is 9.03. The Kier molecular flexibility index (Phi) is 1.96. The number of aromatic hydroxyl groups is 1. The van der Waals surface area contributed by atoms with Crippen molar-refractivity contribution in [2.45, 2.75) is 37.7 Å². The summed E-state index contributed by atoms with van der Waals surface area (Å²) >= 11 is 0. The normalized spacial score (nSPS) is 21.9. The van der Waals surface area contributed by atoms with Gasteiger partial charge >= 0.3 is 0 Å². The average Bonchev–Trinajstić information content (AvgIpc) is 2.65. The highest BCUT2D eigenvalue weighted by Crippen LogP contribution is 2.44. The van der Waals surface area contributed by atoms with Gasteiger partial charge in [-0.25, -0.2) is 0 Å². The molecule has 0 bridgehead atoms. The standard InChI is InChI=1S/C13H14O3/c14-9-4-3-5-11-12(9)10(15)8-13(16-11)6-1-2-7-13/h3-5,14H,1-2,6-8H2. The van der Waals surface area contributed by atoms with Crippen LogP contribution in [0.4, 0.5) is 0 Å². The highest BCUT2D eigenvalue weighted by molar-refractivity contribution is 6.02. The number of fused-ring (bicyclic) bond motifs is 1. The first-order chi connectivity index (χ1) is 7.70. The lowest BCUT2D eigenvalue weighted by Gasteiger charge is -2.34. The molecule has 0 unspecified atom stereocenters. The van der Waals surface area contributed by atoms with Crippen LogP contribution in [0.25, 0.3) is 0 Å². The second-order valence-electron chi connectivity index (χ2n) is 4.74. The summed E-state index contributed by atoms with van der Waals surface area (Å²) in [5.41, 5.74) is 0.0813. The molecular weight excluding hydrogens is 204 g/mol. The van der Waals surface area contributed by atoms with Crippen molar-refractivity contribution in [3.63, 3.8) is 0 Å². The second kappa shape index (κ2) is 3.24. The largest absolute Gasteiger partial charge is 0.507 e. The lowest BCUT2D eigenvalue weighted by molar-refractivity contribution is 0.0445. The summed E-state index contributed by atoms with van der Waals surface area (Å²) in [5.74, 6) is 0.606. The van der Waals surface area contributed by atoms with Gasteiger partial charge in [0.2, 0.25) is 0 Å². The van der Waals surface area contributed by atoms with E-state index in [1.807, 2.05) is 0 Å². The van der Waals surface area contributed by atoms with Crippen molar-refractivity contribution in [3.05, 3.63) is 23.8 Å². The van der Waals surface area contributed by atoms with Crippen molar-refractivity contribution < 1.29 is 14.6 Å². The van der Waals surface area contributed by atoms with Crippen molar-refractivity contribution in [2.24, 2.45) is 0 Å². The van der Waals surface area contributed by atoms with Crippen LogP contribution in [0.5, 0.6) is 11.5 Å². The third kappa shape index (κ3) is 1.31. The Labute approximate surface area is 94.0 Å². The smallest absolute Gasteiger partial charge is 0.174 e. The molecule has 3 rings (SSSR count). The van der Waals surface area contributed by atoms with Gasteiger partial charge in [0.15, 0.2) is 5.78 Å². The minimum Gasteiger partial charge on any atom is -0.507 e. The number of carbonyl (C=O) groups excluding carboxylic acids is 1. The van der Waals surface area contributed by atoms with Crippen LogP contribution in [0.1, 0.15) is 42.5 Å². The number of ketones is 1. The summed E-state index contributed by atoms with van der Waals surface area (Å²) in [6.45, 7) is 0. The maximum atomic E-state index is 12.0. The van der Waals surface area contributed by atoms with Crippen LogP contribution in [0.15, 0.2) is 18.2 Å². The molecule has 3 nitrogen and oxygen atoms in total. The van der Waals surface area contributed by atoms with Crippen LogP contribution in [-0.2, 0) is 0 Å². The van der Waals surface area contributed by atoms with Crippen LogP contribution in [0.2, 0.25) is 0 Å². The molecule has 84 valence electrons. The Morgan fingerprint density at radius 1 is 1.25 bits per heavy atom. The number of Topliss-reactive ketones (excluding diaryl/α,β-unsaturated/α-hetero) is 1. The van der Waals surface area contributed by atoms with Gasteiger partial charge in [0, 0.05) is 0 Å². The fraction of sp³-hybridized carbons (Fsp3) is 0.462. The van der Waals surface area contributed by atoms with Crippen LogP contribution in [-0.4, -0.2) is 16.5 Å². The van der Waals surface area contributed by atoms with E-state index in [4.69, 9.17) is 4.74 Å². The molecule has 0 radical (unpaired) electrons. The molecule has 0 atom stereocenters. The van der Waals surface area contributed by atoms with Gasteiger partial charge in [-0.2, -0.15) is 0 Å². The van der Waals surface area contributed by atoms with E-state index in [1.54, 1.807) is 12.1 Å². The molecule has 1 aliphatic heterocycles. The molecule has 1 N–H and O–H groups in total. The van der Waals surface area contributed by atoms with Gasteiger partial charge < -0.3 is 9.84 Å². The summed E-state index contributed by atoms with van der Waals surface area (Å²) in [7, 11) is 0. The predicted molar refractivity (Wildman–Crippen MR) is 58.9 cm³/mol. The fourth-order valence-electron chi connectivity index (χ4n) is 2.83. The van der Waals surface area contributed by atoms with Gasteiger partial charge in [-0.05, 0) is 37.8 Å². The molecule has 1 heterocycles. The van der Waals surface area contributed by atoms with Crippen molar-refractivity contribution in [2.75, 3.05) is 0 Å². The predicted octanol–water partition coefficient (Wildman–Crippen LogP) is 2.67. The highest BCUT2D eigenvalue weighted by atomic mass is 16.5. The molecule has 16 heavy (non-hydrogen) atoms. The third-order valence-corrected chi connectivity index (χ3v) is 3.61. The number of carbonyl (C=O) groups is 1. The number of benzene rings is 1. The maximum absolute atomic E-state index is 12.0. The van der Waals surface area contributed by atoms with Crippen LogP contribution in [0.3, 0.4) is 0 Å². The Hall–Kier alpha value is -1.51. The van der Waals surface area contributed by atoms with E-state index in [9.17, 15) is 9.90 Å². The number of phenols is 1. The maximum Gasteiger partial charge on any atom is 0.174 e. The van der Waals surface area contributed by atoms with Crippen LogP contribution < -0.4 is 4.74 Å². The summed E-state index contributed by atoms with van der Waals surface area (Å²) in [6, 6.07) is 5.02. The summed E-state index contributed by atoms with van der Waals surface area (Å²) in [5, 5.41) is 9.66. The molecule has 1 aromatic rings. The van der Waals surface area contributed by atoms with E-state index >= 15 is 0 Å². The molecule has 1 aliphatic carbocycles. The Morgan fingerprint density at radius 3 is 2.75 bits per heavy atom. The van der Waals surface area contributed by atoms with Gasteiger partial charge in [-0.3, -0.25) is 4.79 Å². The quantitative estimate of drug-likeness (QED) is 0.728. The first-order valence-corrected chi connectivity index (χ1v) is 5.74. The number of rotatable bonds is 0. The zero-order valence-electron chi connectivity index (χ0n) is 9.03. The molecule has 3 heteroatoms. The molecule has 1 spiro atoms. The van der Waals surface area contributed by atoms with Gasteiger partial charge in [0.05, 0.1) is 6.42 Å². The average molecular weight is 218 g/mol. The van der Waals surface area contributed by atoms with E-state index in [0.717, 1.165) is 25.7 Å². The van der Waals surface area contributed by atoms with Gasteiger partial charge in [-0.1, -0.05) is 6.07 Å². The van der Waals surface area contributed by atoms with Crippen molar-refractivity contribution in [1.29, 1.82) is 0 Å². The Balaban J connectivity index is 2.06. The summed E-state index contributed by atoms with van der Waals surface area (Å²) < 4.78 is 5.95. The molecule has 1 aromatic carbocycles. The molecule has 0 saturated heterocycles. The van der Waals surface area contributed by atoms with Crippen molar-refractivity contribution in [3.8, 4) is 11.5 Å². The fourth-order valence-corrected chi connectivity index (χ4v) is 2.83.